The van der Waals surface area contributed by atoms with Crippen LogP contribution >= 0.6 is 11.8 Å². The lowest BCUT2D eigenvalue weighted by molar-refractivity contribution is 0.548. The molecule has 1 aromatic heterocycles. The lowest BCUT2D eigenvalue weighted by atomic mass is 10.1. The SMILES string of the molecule is CC(Cn1ccnc1)NC1=NCC(c2ccccc2)S1. The molecule has 5 heteroatoms. The summed E-state index contributed by atoms with van der Waals surface area (Å²) in [7, 11) is 0. The summed E-state index contributed by atoms with van der Waals surface area (Å²) in [6.45, 7) is 3.92. The van der Waals surface area contributed by atoms with Gasteiger partial charge in [-0.25, -0.2) is 4.98 Å². The van der Waals surface area contributed by atoms with E-state index in [9.17, 15) is 0 Å². The van der Waals surface area contributed by atoms with Gasteiger partial charge in [0.25, 0.3) is 0 Å². The van der Waals surface area contributed by atoms with Crippen molar-refractivity contribution in [1.29, 1.82) is 0 Å². The first-order chi connectivity index (χ1) is 9.81. The first-order valence-corrected chi connectivity index (χ1v) is 7.67. The summed E-state index contributed by atoms with van der Waals surface area (Å²) in [4.78, 5) is 8.66. The molecule has 1 N–H and O–H groups in total. The number of nitrogens with zero attached hydrogens (tertiary/aromatic N) is 3. The summed E-state index contributed by atoms with van der Waals surface area (Å²) < 4.78 is 2.08. The van der Waals surface area contributed by atoms with Gasteiger partial charge in [0, 0.05) is 25.0 Å². The fraction of sp³-hybridized carbons (Fsp3) is 0.333. The standard InChI is InChI=1S/C15H18N4S/c1-12(10-19-8-7-16-11-19)18-15-17-9-14(20-15)13-5-3-2-4-6-13/h2-8,11-12,14H,9-10H2,1H3,(H,17,18). The topological polar surface area (TPSA) is 42.2 Å². The maximum Gasteiger partial charge on any atom is 0.157 e. The van der Waals surface area contributed by atoms with Gasteiger partial charge in [0.05, 0.1) is 18.1 Å². The van der Waals surface area contributed by atoms with Gasteiger partial charge in [-0.15, -0.1) is 0 Å². The van der Waals surface area contributed by atoms with E-state index in [1.54, 1.807) is 6.20 Å². The van der Waals surface area contributed by atoms with Crippen molar-refractivity contribution in [1.82, 2.24) is 14.9 Å². The molecule has 20 heavy (non-hydrogen) atoms. The molecule has 3 rings (SSSR count). The molecule has 0 fully saturated rings. The van der Waals surface area contributed by atoms with E-state index in [2.05, 4.69) is 57.1 Å². The minimum Gasteiger partial charge on any atom is -0.361 e. The summed E-state index contributed by atoms with van der Waals surface area (Å²) in [6, 6.07) is 10.9. The quantitative estimate of drug-likeness (QED) is 0.939. The van der Waals surface area contributed by atoms with Crippen LogP contribution in [0.1, 0.15) is 17.7 Å². The molecule has 0 bridgehead atoms. The zero-order valence-corrected chi connectivity index (χ0v) is 12.3. The highest BCUT2D eigenvalue weighted by atomic mass is 32.2. The van der Waals surface area contributed by atoms with E-state index in [1.807, 2.05) is 24.3 Å². The highest BCUT2D eigenvalue weighted by Gasteiger charge is 2.21. The molecule has 2 atom stereocenters. The molecular weight excluding hydrogens is 268 g/mol. The second-order valence-corrected chi connectivity index (χ2v) is 6.16. The van der Waals surface area contributed by atoms with Crippen LogP contribution in [-0.2, 0) is 6.54 Å². The van der Waals surface area contributed by atoms with E-state index in [0.29, 0.717) is 11.3 Å². The lowest BCUT2D eigenvalue weighted by Gasteiger charge is -2.15. The molecule has 0 aliphatic carbocycles. The zero-order valence-electron chi connectivity index (χ0n) is 11.4. The largest absolute Gasteiger partial charge is 0.361 e. The third kappa shape index (κ3) is 3.22. The summed E-state index contributed by atoms with van der Waals surface area (Å²) in [5, 5.41) is 4.97. The van der Waals surface area contributed by atoms with Crippen molar-refractivity contribution in [3.8, 4) is 0 Å². The molecule has 0 spiro atoms. The Morgan fingerprint density at radius 1 is 1.40 bits per heavy atom. The van der Waals surface area contributed by atoms with Gasteiger partial charge in [0.15, 0.2) is 5.17 Å². The number of thioether (sulfide) groups is 1. The first kappa shape index (κ1) is 13.2. The Labute approximate surface area is 123 Å². The second kappa shape index (κ2) is 6.13. The minimum atomic E-state index is 0.338. The van der Waals surface area contributed by atoms with Crippen molar-refractivity contribution in [2.45, 2.75) is 24.8 Å². The predicted molar refractivity (Wildman–Crippen MR) is 83.9 cm³/mol. The van der Waals surface area contributed by atoms with Crippen LogP contribution in [0.5, 0.6) is 0 Å². The normalized spacial score (nSPS) is 19.6. The molecule has 0 saturated carbocycles. The van der Waals surface area contributed by atoms with E-state index in [0.717, 1.165) is 18.3 Å². The van der Waals surface area contributed by atoms with Crippen LogP contribution in [0.2, 0.25) is 0 Å². The number of amidine groups is 1. The van der Waals surface area contributed by atoms with Crippen molar-refractivity contribution < 1.29 is 0 Å². The highest BCUT2D eigenvalue weighted by molar-refractivity contribution is 8.14. The van der Waals surface area contributed by atoms with Gasteiger partial charge in [0.1, 0.15) is 0 Å². The molecular formula is C15H18N4S. The third-order valence-corrected chi connectivity index (χ3v) is 4.42. The maximum absolute atomic E-state index is 4.61. The summed E-state index contributed by atoms with van der Waals surface area (Å²) in [6.07, 6.45) is 5.63. The number of imidazole rings is 1. The van der Waals surface area contributed by atoms with E-state index >= 15 is 0 Å². The van der Waals surface area contributed by atoms with Gasteiger partial charge in [-0.2, -0.15) is 0 Å². The zero-order chi connectivity index (χ0) is 13.8. The van der Waals surface area contributed by atoms with Crippen molar-refractivity contribution in [2.24, 2.45) is 4.99 Å². The summed E-state index contributed by atoms with van der Waals surface area (Å²) in [5.41, 5.74) is 1.35. The number of aromatic nitrogens is 2. The number of rotatable bonds is 4. The smallest absolute Gasteiger partial charge is 0.157 e. The first-order valence-electron chi connectivity index (χ1n) is 6.79. The average molecular weight is 286 g/mol. The Kier molecular flexibility index (Phi) is 4.06. The monoisotopic (exact) mass is 286 g/mol. The van der Waals surface area contributed by atoms with Crippen molar-refractivity contribution in [2.75, 3.05) is 6.54 Å². The number of benzene rings is 1. The summed E-state index contributed by atoms with van der Waals surface area (Å²) in [5.74, 6) is 0. The van der Waals surface area contributed by atoms with Gasteiger partial charge in [-0.3, -0.25) is 4.99 Å². The number of hydrogen-bond acceptors (Lipinski definition) is 4. The molecule has 4 nitrogen and oxygen atoms in total. The van der Waals surface area contributed by atoms with Gasteiger partial charge >= 0.3 is 0 Å². The lowest BCUT2D eigenvalue weighted by Crippen LogP contribution is -2.33. The van der Waals surface area contributed by atoms with E-state index in [1.165, 1.54) is 5.56 Å². The van der Waals surface area contributed by atoms with Gasteiger partial charge in [-0.05, 0) is 12.5 Å². The second-order valence-electron chi connectivity index (χ2n) is 4.97. The molecule has 0 radical (unpaired) electrons. The Morgan fingerprint density at radius 2 is 2.25 bits per heavy atom. The minimum absolute atomic E-state index is 0.338. The molecule has 1 aliphatic heterocycles. The molecule has 104 valence electrons. The molecule has 0 saturated heterocycles. The van der Waals surface area contributed by atoms with Crippen molar-refractivity contribution in [3.05, 3.63) is 54.6 Å². The third-order valence-electron chi connectivity index (χ3n) is 3.24. The van der Waals surface area contributed by atoms with E-state index in [-0.39, 0.29) is 0 Å². The molecule has 1 aliphatic rings. The predicted octanol–water partition coefficient (Wildman–Crippen LogP) is 2.71. The number of aliphatic imine (C=N–C) groups is 1. The molecule has 2 heterocycles. The average Bonchev–Trinajstić information content (AvgIpc) is 3.11. The van der Waals surface area contributed by atoms with E-state index in [4.69, 9.17) is 0 Å². The van der Waals surface area contributed by atoms with Gasteiger partial charge in [-0.1, -0.05) is 42.1 Å². The highest BCUT2D eigenvalue weighted by Crippen LogP contribution is 2.34. The van der Waals surface area contributed by atoms with Crippen LogP contribution in [0.25, 0.3) is 0 Å². The van der Waals surface area contributed by atoms with Crippen LogP contribution in [0.15, 0.2) is 54.0 Å². The van der Waals surface area contributed by atoms with Crippen molar-refractivity contribution in [3.63, 3.8) is 0 Å². The Morgan fingerprint density at radius 3 is 3.00 bits per heavy atom. The molecule has 0 amide bonds. The Balaban J connectivity index is 1.52. The molecule has 2 unspecified atom stereocenters. The van der Waals surface area contributed by atoms with Crippen LogP contribution in [0.4, 0.5) is 0 Å². The number of nitrogens with one attached hydrogen (secondary N) is 1. The Hall–Kier alpha value is -1.75. The molecule has 1 aromatic carbocycles. The van der Waals surface area contributed by atoms with E-state index < -0.39 is 0 Å². The fourth-order valence-corrected chi connectivity index (χ4v) is 3.39. The maximum atomic E-state index is 4.61. The van der Waals surface area contributed by atoms with Crippen LogP contribution in [-0.4, -0.2) is 27.3 Å². The van der Waals surface area contributed by atoms with Gasteiger partial charge in [0.2, 0.25) is 0 Å². The number of hydrogen-bond donors (Lipinski definition) is 1. The fourth-order valence-electron chi connectivity index (χ4n) is 2.26. The van der Waals surface area contributed by atoms with Crippen molar-refractivity contribution >= 4 is 16.9 Å². The van der Waals surface area contributed by atoms with Crippen LogP contribution in [0, 0.1) is 0 Å². The van der Waals surface area contributed by atoms with Gasteiger partial charge < -0.3 is 9.88 Å². The van der Waals surface area contributed by atoms with Crippen LogP contribution in [0.3, 0.4) is 0 Å². The molecule has 2 aromatic rings. The Bertz CT molecular complexity index is 565. The summed E-state index contributed by atoms with van der Waals surface area (Å²) >= 11 is 1.82. The van der Waals surface area contributed by atoms with Crippen LogP contribution < -0.4 is 5.32 Å².